The van der Waals surface area contributed by atoms with Crippen molar-refractivity contribution in [2.75, 3.05) is 65.9 Å². The number of rotatable bonds is 16. The van der Waals surface area contributed by atoms with Crippen molar-refractivity contribution in [3.8, 4) is 11.3 Å². The molecule has 1 aromatic heterocycles. The molecule has 2 aliphatic rings. The summed E-state index contributed by atoms with van der Waals surface area (Å²) in [5.41, 5.74) is 2.63. The summed E-state index contributed by atoms with van der Waals surface area (Å²) in [6, 6.07) is 12.1. The van der Waals surface area contributed by atoms with Crippen molar-refractivity contribution < 1.29 is 37.5 Å². The molecule has 1 N–H and O–H groups in total. The van der Waals surface area contributed by atoms with E-state index >= 15 is 0 Å². The molecule has 46 heavy (non-hydrogen) atoms. The lowest BCUT2D eigenvalue weighted by molar-refractivity contribution is -0.134. The number of amides is 3. The lowest BCUT2D eigenvalue weighted by Gasteiger charge is -2.36. The van der Waals surface area contributed by atoms with Crippen LogP contribution in [0.15, 0.2) is 42.5 Å². The average molecular weight is 659 g/mol. The second kappa shape index (κ2) is 17.0. The van der Waals surface area contributed by atoms with Crippen LogP contribution in [0.1, 0.15) is 62.0 Å². The molecule has 252 valence electrons. The van der Waals surface area contributed by atoms with Crippen LogP contribution in [0.5, 0.6) is 0 Å². The summed E-state index contributed by atoms with van der Waals surface area (Å²) < 4.78 is 35.3. The summed E-state index contributed by atoms with van der Waals surface area (Å²) in [5, 5.41) is 2.82. The molecule has 12 nitrogen and oxygen atoms in total. The molecule has 2 aromatic rings. The smallest absolute Gasteiger partial charge is 0.409 e. The van der Waals surface area contributed by atoms with Gasteiger partial charge in [0.05, 0.1) is 31.7 Å². The Hall–Kier alpha value is -3.31. The summed E-state index contributed by atoms with van der Waals surface area (Å²) in [6.07, 6.45) is 1.88. The lowest BCUT2D eigenvalue weighted by atomic mass is 10.0. The van der Waals surface area contributed by atoms with Crippen molar-refractivity contribution in [3.05, 3.63) is 53.7 Å². The van der Waals surface area contributed by atoms with Gasteiger partial charge < -0.3 is 33.6 Å². The Morgan fingerprint density at radius 3 is 2.30 bits per heavy atom. The van der Waals surface area contributed by atoms with Crippen LogP contribution in [-0.2, 0) is 27.9 Å². The second-order valence-corrected chi connectivity index (χ2v) is 13.6. The second-order valence-electron chi connectivity index (χ2n) is 11.5. The highest BCUT2D eigenvalue weighted by Gasteiger charge is 2.40. The van der Waals surface area contributed by atoms with Crippen LogP contribution in [0.25, 0.3) is 11.3 Å². The van der Waals surface area contributed by atoms with Crippen molar-refractivity contribution in [1.82, 2.24) is 20.1 Å². The molecule has 1 saturated heterocycles. The van der Waals surface area contributed by atoms with Crippen molar-refractivity contribution in [2.45, 2.75) is 52.0 Å². The molecule has 13 heteroatoms. The molecule has 1 aromatic carbocycles. The zero-order valence-corrected chi connectivity index (χ0v) is 28.2. The number of nitrogens with zero attached hydrogens (tertiary/aromatic N) is 3. The van der Waals surface area contributed by atoms with Gasteiger partial charge >= 0.3 is 13.7 Å². The molecule has 3 atom stereocenters. The summed E-state index contributed by atoms with van der Waals surface area (Å²) in [5.74, 6) is -0.421. The summed E-state index contributed by atoms with van der Waals surface area (Å²) >= 11 is 0. The zero-order valence-electron chi connectivity index (χ0n) is 27.3. The van der Waals surface area contributed by atoms with E-state index in [1.165, 1.54) is 0 Å². The van der Waals surface area contributed by atoms with E-state index in [-0.39, 0.29) is 57.2 Å². The predicted octanol–water partition coefficient (Wildman–Crippen LogP) is 4.94. The molecule has 0 bridgehead atoms. The van der Waals surface area contributed by atoms with Crippen LogP contribution in [0.2, 0.25) is 0 Å². The molecule has 1 unspecified atom stereocenters. The fraction of sp³-hybridized carbons (Fsp3) is 0.576. The van der Waals surface area contributed by atoms with Gasteiger partial charge in [0.25, 0.3) is 5.91 Å². The quantitative estimate of drug-likeness (QED) is 0.196. The molecular formula is C33H47N4O8P. The molecule has 1 aliphatic carbocycles. The number of aromatic nitrogens is 1. The van der Waals surface area contributed by atoms with Gasteiger partial charge in [-0.3, -0.25) is 14.2 Å². The highest BCUT2D eigenvalue weighted by Crippen LogP contribution is 2.49. The minimum Gasteiger partial charge on any atom is -0.449 e. The van der Waals surface area contributed by atoms with Crippen LogP contribution in [0, 0.1) is 5.92 Å². The van der Waals surface area contributed by atoms with Crippen LogP contribution >= 0.6 is 7.60 Å². The zero-order chi connectivity index (χ0) is 33.1. The third-order valence-electron chi connectivity index (χ3n) is 8.12. The van der Waals surface area contributed by atoms with Crippen molar-refractivity contribution in [1.29, 1.82) is 0 Å². The van der Waals surface area contributed by atoms with Gasteiger partial charge in [0, 0.05) is 45.5 Å². The number of pyridine rings is 1. The first-order valence-electron chi connectivity index (χ1n) is 16.2. The summed E-state index contributed by atoms with van der Waals surface area (Å²) in [6.45, 7) is 7.61. The number of hydrogen-bond acceptors (Lipinski definition) is 9. The van der Waals surface area contributed by atoms with Crippen LogP contribution in [0.3, 0.4) is 0 Å². The van der Waals surface area contributed by atoms with E-state index < -0.39 is 31.5 Å². The fourth-order valence-corrected chi connectivity index (χ4v) is 7.36. The first-order chi connectivity index (χ1) is 22.2. The molecule has 0 spiro atoms. The van der Waals surface area contributed by atoms with Crippen LogP contribution in [0.4, 0.5) is 4.79 Å². The minimum absolute atomic E-state index is 0.110. The van der Waals surface area contributed by atoms with Crippen LogP contribution < -0.4 is 5.32 Å². The van der Waals surface area contributed by atoms with E-state index in [0.29, 0.717) is 24.8 Å². The molecule has 0 radical (unpaired) electrons. The van der Waals surface area contributed by atoms with Crippen molar-refractivity contribution in [3.63, 3.8) is 0 Å². The largest absolute Gasteiger partial charge is 0.449 e. The monoisotopic (exact) mass is 658 g/mol. The first-order valence-corrected chi connectivity index (χ1v) is 17.9. The van der Waals surface area contributed by atoms with E-state index in [2.05, 4.69) is 10.3 Å². The predicted molar refractivity (Wildman–Crippen MR) is 174 cm³/mol. The lowest BCUT2D eigenvalue weighted by Crippen LogP contribution is -2.57. The number of ether oxygens (including phenoxy) is 2. The fourth-order valence-electron chi connectivity index (χ4n) is 5.60. The number of nitrogens with one attached hydrogen (secondary N) is 1. The summed E-state index contributed by atoms with van der Waals surface area (Å²) in [4.78, 5) is 48.1. The maximum atomic E-state index is 13.9. The van der Waals surface area contributed by atoms with Gasteiger partial charge in [-0.2, -0.15) is 0 Å². The number of carbonyl (C=O) groups is 3. The highest BCUT2D eigenvalue weighted by molar-refractivity contribution is 7.54. The molecule has 3 amide bonds. The van der Waals surface area contributed by atoms with Crippen molar-refractivity contribution >= 4 is 25.5 Å². The minimum atomic E-state index is -3.74. The first kappa shape index (κ1) is 35.5. The standard InChI is InChI=1S/C33H47N4O8P/c1-5-8-18-43-33(40)37-16-14-36(15-17-37)32(39)30(23-46(41,44-6-2)45-7-3)35-31(38)29-21-25(27-19-26(27)22-42-4)20-28(34-29)24-12-10-9-11-13-24/h9-13,20-21,26-27,30H,5-8,14-19,22-23H2,1-4H3,(H,35,38)/t26-,27-,30?/m1/s1. The van der Waals surface area contributed by atoms with E-state index in [4.69, 9.17) is 18.5 Å². The third-order valence-corrected chi connectivity index (χ3v) is 10.2. The Balaban J connectivity index is 1.57. The molecular weight excluding hydrogens is 611 g/mol. The van der Waals surface area contributed by atoms with Crippen LogP contribution in [-0.4, -0.2) is 105 Å². The van der Waals surface area contributed by atoms with E-state index in [1.807, 2.05) is 43.3 Å². The van der Waals surface area contributed by atoms with E-state index in [9.17, 15) is 18.9 Å². The summed E-state index contributed by atoms with van der Waals surface area (Å²) in [7, 11) is -2.07. The molecule has 2 fully saturated rings. The Bertz CT molecular complexity index is 1360. The van der Waals surface area contributed by atoms with Gasteiger partial charge in [-0.1, -0.05) is 43.7 Å². The molecule has 2 heterocycles. The molecule has 1 saturated carbocycles. The number of carbonyl (C=O) groups excluding carboxylic acids is 3. The van der Waals surface area contributed by atoms with Gasteiger partial charge in [-0.15, -0.1) is 0 Å². The number of hydrogen-bond donors (Lipinski definition) is 1. The maximum absolute atomic E-state index is 13.9. The van der Waals surface area contributed by atoms with Gasteiger partial charge in [-0.25, -0.2) is 9.78 Å². The number of unbranched alkanes of at least 4 members (excludes halogenated alkanes) is 1. The number of methoxy groups -OCH3 is 1. The molecule has 1 aliphatic heterocycles. The number of piperazine rings is 1. The SMILES string of the molecule is CCCCOC(=O)N1CCN(C(=O)C(CP(=O)(OCC)OCC)NC(=O)c2cc([C@H]3C[C@@H]3COC)cc(-c3ccccc3)n2)CC1. The maximum Gasteiger partial charge on any atom is 0.409 e. The average Bonchev–Trinajstić information content (AvgIpc) is 3.84. The van der Waals surface area contributed by atoms with Gasteiger partial charge in [0.1, 0.15) is 11.7 Å². The Labute approximate surface area is 271 Å². The van der Waals surface area contributed by atoms with Crippen molar-refractivity contribution in [2.24, 2.45) is 5.92 Å². The van der Waals surface area contributed by atoms with Gasteiger partial charge in [0.15, 0.2) is 0 Å². The molecule has 4 rings (SSSR count). The normalized spacial score (nSPS) is 18.6. The van der Waals surface area contributed by atoms with Gasteiger partial charge in [-0.05, 0) is 56.2 Å². The topological polar surface area (TPSA) is 137 Å². The third kappa shape index (κ3) is 9.61. The highest BCUT2D eigenvalue weighted by atomic mass is 31.2. The van der Waals surface area contributed by atoms with Gasteiger partial charge in [0.2, 0.25) is 5.91 Å². The van der Waals surface area contributed by atoms with E-state index in [0.717, 1.165) is 30.4 Å². The Morgan fingerprint density at radius 2 is 1.67 bits per heavy atom. The Morgan fingerprint density at radius 1 is 1.00 bits per heavy atom. The number of benzene rings is 1. The van der Waals surface area contributed by atoms with E-state index in [1.54, 1.807) is 36.8 Å². The Kier molecular flexibility index (Phi) is 13.1.